The highest BCUT2D eigenvalue weighted by atomic mass is 19.1. The highest BCUT2D eigenvalue weighted by molar-refractivity contribution is 5.79. The van der Waals surface area contributed by atoms with Crippen molar-refractivity contribution in [1.82, 2.24) is 39.0 Å². The van der Waals surface area contributed by atoms with Crippen LogP contribution < -0.4 is 27.0 Å². The van der Waals surface area contributed by atoms with Gasteiger partial charge >= 0.3 is 0 Å². The summed E-state index contributed by atoms with van der Waals surface area (Å²) in [5.41, 5.74) is 19.2. The smallest absolute Gasteiger partial charge is 0.239 e. The molecule has 0 radical (unpaired) electrons. The molecular formula is C39H38FN13. The zero-order valence-corrected chi connectivity index (χ0v) is 29.9. The zero-order valence-electron chi connectivity index (χ0n) is 29.9. The number of halogens is 1. The first kappa shape index (κ1) is 34.4. The second kappa shape index (κ2) is 14.3. The highest BCUT2D eigenvalue weighted by Gasteiger charge is 2.18. The van der Waals surface area contributed by atoms with Crippen molar-refractivity contribution in [2.45, 2.75) is 20.8 Å². The summed E-state index contributed by atoms with van der Waals surface area (Å²) in [5, 5.41) is 6.27. The van der Waals surface area contributed by atoms with Crippen molar-refractivity contribution in [2.24, 2.45) is 0 Å². The molecule has 0 fully saturated rings. The van der Waals surface area contributed by atoms with Gasteiger partial charge in [-0.2, -0.15) is 24.3 Å². The van der Waals surface area contributed by atoms with Crippen molar-refractivity contribution in [3.8, 4) is 11.9 Å². The van der Waals surface area contributed by atoms with Crippen LogP contribution in [0.25, 0.3) is 34.0 Å². The van der Waals surface area contributed by atoms with E-state index in [0.29, 0.717) is 29.1 Å². The maximum absolute atomic E-state index is 14.5. The fourth-order valence-electron chi connectivity index (χ4n) is 5.81. The lowest BCUT2D eigenvalue weighted by Crippen LogP contribution is -2.10. The van der Waals surface area contributed by atoms with Gasteiger partial charge in [-0.05, 0) is 81.4 Å². The largest absolute Gasteiger partial charge is 0.383 e. The Morgan fingerprint density at radius 3 is 1.72 bits per heavy atom. The van der Waals surface area contributed by atoms with Crippen LogP contribution in [0.4, 0.5) is 44.7 Å². The summed E-state index contributed by atoms with van der Waals surface area (Å²) in [5.74, 6) is 2.41. The Balaban J connectivity index is 0.000000164. The van der Waals surface area contributed by atoms with E-state index in [0.717, 1.165) is 44.8 Å². The number of hydrogen-bond acceptors (Lipinski definition) is 11. The second-order valence-electron chi connectivity index (χ2n) is 12.6. The molecule has 6 N–H and O–H groups in total. The van der Waals surface area contributed by atoms with Gasteiger partial charge in [-0.15, -0.1) is 0 Å². The van der Waals surface area contributed by atoms with Crippen molar-refractivity contribution in [2.75, 3.05) is 41.1 Å². The van der Waals surface area contributed by atoms with Crippen LogP contribution in [0.15, 0.2) is 103 Å². The molecule has 0 aliphatic carbocycles. The average Bonchev–Trinajstić information content (AvgIpc) is 3.66. The molecule has 13 nitrogen and oxygen atoms in total. The van der Waals surface area contributed by atoms with Crippen molar-refractivity contribution >= 4 is 62.4 Å². The fraction of sp³-hybridized carbons (Fsp3) is 0.128. The van der Waals surface area contributed by atoms with Crippen molar-refractivity contribution in [3.63, 3.8) is 0 Å². The van der Waals surface area contributed by atoms with Crippen molar-refractivity contribution in [1.29, 1.82) is 0 Å². The molecule has 0 spiro atoms. The quantitative estimate of drug-likeness (QED) is 0.130. The summed E-state index contributed by atoms with van der Waals surface area (Å²) in [6.07, 6.45) is 0. The number of nitrogens with zero attached hydrogens (tertiary/aromatic N) is 9. The molecule has 8 aromatic rings. The molecule has 0 aliphatic rings. The minimum atomic E-state index is -0.684. The Bertz CT molecular complexity index is 2560. The van der Waals surface area contributed by atoms with E-state index in [1.54, 1.807) is 10.6 Å². The van der Waals surface area contributed by atoms with Crippen LogP contribution >= 0.6 is 0 Å². The monoisotopic (exact) mass is 707 g/mol. The number of rotatable bonds is 7. The molecule has 4 aromatic heterocycles. The average molecular weight is 708 g/mol. The summed E-state index contributed by atoms with van der Waals surface area (Å²) in [6, 6.07) is 32.9. The third-order valence-electron chi connectivity index (χ3n) is 8.43. The van der Waals surface area contributed by atoms with Crippen LogP contribution in [0.1, 0.15) is 17.2 Å². The second-order valence-corrected chi connectivity index (χ2v) is 12.6. The predicted octanol–water partition coefficient (Wildman–Crippen LogP) is 7.41. The minimum absolute atomic E-state index is 0.0218. The van der Waals surface area contributed by atoms with Crippen LogP contribution in [0.3, 0.4) is 0 Å². The molecule has 0 atom stereocenters. The first-order valence-corrected chi connectivity index (χ1v) is 16.8. The normalized spacial score (nSPS) is 11.0. The number of para-hydroxylation sites is 4. The number of benzene rings is 4. The fourth-order valence-corrected chi connectivity index (χ4v) is 5.81. The van der Waals surface area contributed by atoms with Gasteiger partial charge in [-0.25, -0.2) is 9.97 Å². The topological polar surface area (TPSA) is 167 Å². The summed E-state index contributed by atoms with van der Waals surface area (Å²) in [4.78, 5) is 28.6. The van der Waals surface area contributed by atoms with Crippen LogP contribution in [-0.4, -0.2) is 53.1 Å². The molecule has 0 unspecified atom stereocenters. The first-order chi connectivity index (χ1) is 25.5. The number of nitrogens with two attached hydrogens (primary N) is 2. The third kappa shape index (κ3) is 7.23. The number of nitrogen functional groups attached to an aromatic ring is 2. The molecule has 4 aromatic carbocycles. The maximum Gasteiger partial charge on any atom is 0.239 e. The summed E-state index contributed by atoms with van der Waals surface area (Å²) in [6.45, 7) is 5.76. The Kier molecular flexibility index (Phi) is 9.25. The van der Waals surface area contributed by atoms with E-state index < -0.39 is 5.82 Å². The number of anilines is 7. The molecule has 0 aliphatic heterocycles. The van der Waals surface area contributed by atoms with Gasteiger partial charge < -0.3 is 27.0 Å². The number of aryl methyl sites for hydroxylation is 3. The van der Waals surface area contributed by atoms with E-state index in [9.17, 15) is 4.39 Å². The van der Waals surface area contributed by atoms with Gasteiger partial charge in [0, 0.05) is 37.2 Å². The van der Waals surface area contributed by atoms with Crippen LogP contribution in [0, 0.1) is 26.6 Å². The standard InChI is InChI=1S/C20H21N7.C19H17FN6/c1-13-22-16-6-4-5-7-17(16)27(13)20-24-18(21)12-19(25-20)23-14-8-10-15(11-9-14)26(2)3;1-11-7-9-13(10-8-11)23-18-16(20)17(21)24-19(25-18)26-12(2)22-14-5-3-4-6-15(14)26/h4-12H,1-3H3,(H3,21,23,24,25);3-10H,1-2H3,(H3,21,23,24,25). The van der Waals surface area contributed by atoms with E-state index in [2.05, 4.69) is 45.4 Å². The van der Waals surface area contributed by atoms with Gasteiger partial charge in [0.15, 0.2) is 11.6 Å². The van der Waals surface area contributed by atoms with Crippen LogP contribution in [-0.2, 0) is 0 Å². The van der Waals surface area contributed by atoms with Crippen molar-refractivity contribution in [3.05, 3.63) is 126 Å². The number of imidazole rings is 2. The van der Waals surface area contributed by atoms with E-state index in [1.165, 1.54) is 0 Å². The first-order valence-electron chi connectivity index (χ1n) is 16.8. The maximum atomic E-state index is 14.5. The lowest BCUT2D eigenvalue weighted by Gasteiger charge is -2.14. The molecular weight excluding hydrogens is 670 g/mol. The van der Waals surface area contributed by atoms with Crippen LogP contribution in [0.5, 0.6) is 0 Å². The Morgan fingerprint density at radius 1 is 0.604 bits per heavy atom. The van der Waals surface area contributed by atoms with Gasteiger partial charge in [0.25, 0.3) is 0 Å². The van der Waals surface area contributed by atoms with E-state index in [4.69, 9.17) is 11.5 Å². The Labute approximate surface area is 305 Å². The van der Waals surface area contributed by atoms with Gasteiger partial charge in [0.05, 0.1) is 22.1 Å². The lowest BCUT2D eigenvalue weighted by atomic mass is 10.2. The molecule has 0 amide bonds. The summed E-state index contributed by atoms with van der Waals surface area (Å²) >= 11 is 0. The van der Waals surface area contributed by atoms with Crippen molar-refractivity contribution < 1.29 is 4.39 Å². The SMILES string of the molecule is Cc1ccc(Nc2nc(-n3c(C)nc4ccccc43)nc(N)c2F)cc1.Cc1nc2ccccc2n1-c1nc(N)cc(Nc2ccc(N(C)C)cc2)n1. The number of fused-ring (bicyclic) bond motifs is 2. The van der Waals surface area contributed by atoms with Gasteiger partial charge in [-0.1, -0.05) is 42.0 Å². The molecule has 4 heterocycles. The molecule has 53 heavy (non-hydrogen) atoms. The number of hydrogen-bond donors (Lipinski definition) is 4. The summed E-state index contributed by atoms with van der Waals surface area (Å²) in [7, 11) is 4.02. The molecule has 14 heteroatoms. The number of aromatic nitrogens is 8. The Hall–Kier alpha value is -7.09. The molecule has 0 saturated heterocycles. The molecule has 266 valence electrons. The third-order valence-corrected chi connectivity index (χ3v) is 8.43. The Morgan fingerprint density at radius 2 is 1.13 bits per heavy atom. The predicted molar refractivity (Wildman–Crippen MR) is 210 cm³/mol. The lowest BCUT2D eigenvalue weighted by molar-refractivity contribution is 0.622. The number of nitrogens with one attached hydrogen (secondary N) is 2. The zero-order chi connectivity index (χ0) is 37.2. The van der Waals surface area contributed by atoms with Gasteiger partial charge in [0.1, 0.15) is 23.3 Å². The highest BCUT2D eigenvalue weighted by Crippen LogP contribution is 2.26. The van der Waals surface area contributed by atoms with Crippen LogP contribution in [0.2, 0.25) is 0 Å². The van der Waals surface area contributed by atoms with E-state index >= 15 is 0 Å². The van der Waals surface area contributed by atoms with E-state index in [-0.39, 0.29) is 17.6 Å². The van der Waals surface area contributed by atoms with Gasteiger partial charge in [-0.3, -0.25) is 9.13 Å². The summed E-state index contributed by atoms with van der Waals surface area (Å²) < 4.78 is 18.1. The minimum Gasteiger partial charge on any atom is -0.383 e. The molecule has 8 rings (SSSR count). The van der Waals surface area contributed by atoms with E-state index in [1.807, 2.05) is 136 Å². The molecule has 0 bridgehead atoms. The van der Waals surface area contributed by atoms with Gasteiger partial charge in [0.2, 0.25) is 17.7 Å². The molecule has 0 saturated carbocycles.